The second-order valence-electron chi connectivity index (χ2n) is 4.18. The van der Waals surface area contributed by atoms with Gasteiger partial charge in [0, 0.05) is 13.2 Å². The maximum Gasteiger partial charge on any atom is 0.338 e. The first-order valence-corrected chi connectivity index (χ1v) is 5.33. The topological polar surface area (TPSA) is 73.9 Å². The number of carbonyl (C=O) groups is 1. The van der Waals surface area contributed by atoms with Crippen LogP contribution in [0.5, 0.6) is 0 Å². The van der Waals surface area contributed by atoms with Crippen molar-refractivity contribution in [1.82, 2.24) is 4.90 Å². The fourth-order valence-corrected chi connectivity index (χ4v) is 2.00. The zero-order valence-electron chi connectivity index (χ0n) is 8.93. The Morgan fingerprint density at radius 1 is 1.62 bits per heavy atom. The molecule has 0 amide bonds. The molecule has 1 aromatic rings. The van der Waals surface area contributed by atoms with Gasteiger partial charge in [0.05, 0.1) is 12.1 Å². The van der Waals surface area contributed by atoms with Crippen molar-refractivity contribution in [1.29, 1.82) is 0 Å². The number of carboxylic acids is 1. The Morgan fingerprint density at radius 3 is 3.00 bits per heavy atom. The molecule has 0 aliphatic carbocycles. The van der Waals surface area contributed by atoms with Crippen molar-refractivity contribution < 1.29 is 19.4 Å². The second-order valence-corrected chi connectivity index (χ2v) is 4.18. The first kappa shape index (κ1) is 11.2. The number of furan rings is 1. The Labute approximate surface area is 93.3 Å². The van der Waals surface area contributed by atoms with Crippen LogP contribution in [0.15, 0.2) is 16.7 Å². The summed E-state index contributed by atoms with van der Waals surface area (Å²) in [5.74, 6) is 0.0366. The Hall–Kier alpha value is -1.33. The molecule has 0 bridgehead atoms. The number of carboxylic acid groups (broad SMARTS) is 1. The number of hydrogen-bond acceptors (Lipinski definition) is 4. The average Bonchev–Trinajstić information content (AvgIpc) is 2.87. The van der Waals surface area contributed by atoms with Crippen LogP contribution in [-0.2, 0) is 6.54 Å². The molecule has 2 heterocycles. The van der Waals surface area contributed by atoms with Gasteiger partial charge in [0.15, 0.2) is 0 Å². The van der Waals surface area contributed by atoms with Gasteiger partial charge in [-0.25, -0.2) is 4.79 Å². The highest BCUT2D eigenvalue weighted by Gasteiger charge is 2.22. The van der Waals surface area contributed by atoms with Crippen LogP contribution < -0.4 is 0 Å². The predicted octanol–water partition coefficient (Wildman–Crippen LogP) is 0.792. The Bertz CT molecular complexity index is 374. The number of rotatable bonds is 4. The van der Waals surface area contributed by atoms with Crippen LogP contribution in [0.1, 0.15) is 22.5 Å². The highest BCUT2D eigenvalue weighted by atomic mass is 16.4. The highest BCUT2D eigenvalue weighted by Crippen LogP contribution is 2.19. The normalized spacial score (nSPS) is 21.4. The number of hydrogen-bond donors (Lipinski definition) is 2. The zero-order chi connectivity index (χ0) is 11.5. The molecule has 16 heavy (non-hydrogen) atoms. The van der Waals surface area contributed by atoms with E-state index < -0.39 is 5.97 Å². The molecule has 1 saturated heterocycles. The highest BCUT2D eigenvalue weighted by molar-refractivity contribution is 5.87. The minimum atomic E-state index is -0.968. The number of nitrogens with zero attached hydrogens (tertiary/aromatic N) is 1. The largest absolute Gasteiger partial charge is 0.478 e. The Morgan fingerprint density at radius 2 is 2.44 bits per heavy atom. The second kappa shape index (κ2) is 4.67. The maximum atomic E-state index is 10.6. The van der Waals surface area contributed by atoms with E-state index in [0.29, 0.717) is 18.2 Å². The van der Waals surface area contributed by atoms with E-state index in [-0.39, 0.29) is 12.2 Å². The summed E-state index contributed by atoms with van der Waals surface area (Å²) in [7, 11) is 0. The third kappa shape index (κ3) is 2.43. The van der Waals surface area contributed by atoms with Crippen LogP contribution in [0.2, 0.25) is 0 Å². The lowest BCUT2D eigenvalue weighted by Crippen LogP contribution is -2.20. The monoisotopic (exact) mass is 225 g/mol. The van der Waals surface area contributed by atoms with Gasteiger partial charge in [-0.15, -0.1) is 0 Å². The molecule has 2 rings (SSSR count). The van der Waals surface area contributed by atoms with Crippen LogP contribution in [0.3, 0.4) is 0 Å². The van der Waals surface area contributed by atoms with Gasteiger partial charge in [-0.2, -0.15) is 0 Å². The lowest BCUT2D eigenvalue weighted by Gasteiger charge is -2.13. The third-order valence-electron chi connectivity index (χ3n) is 2.91. The third-order valence-corrected chi connectivity index (χ3v) is 2.91. The molecular formula is C11H15NO4. The molecule has 88 valence electrons. The van der Waals surface area contributed by atoms with Gasteiger partial charge in [0.1, 0.15) is 12.0 Å². The first-order chi connectivity index (χ1) is 7.69. The summed E-state index contributed by atoms with van der Waals surface area (Å²) >= 11 is 0. The van der Waals surface area contributed by atoms with Crippen molar-refractivity contribution in [2.45, 2.75) is 13.0 Å². The number of aliphatic hydroxyl groups is 1. The Kier molecular flexibility index (Phi) is 3.26. The van der Waals surface area contributed by atoms with Crippen LogP contribution >= 0.6 is 0 Å². The molecule has 5 nitrogen and oxygen atoms in total. The molecule has 1 aliphatic heterocycles. The molecule has 1 aliphatic rings. The summed E-state index contributed by atoms with van der Waals surface area (Å²) in [6, 6.07) is 1.55. The van der Waals surface area contributed by atoms with Crippen LogP contribution in [-0.4, -0.2) is 40.8 Å². The van der Waals surface area contributed by atoms with Crippen molar-refractivity contribution in [3.8, 4) is 0 Å². The van der Waals surface area contributed by atoms with Crippen molar-refractivity contribution in [2.24, 2.45) is 5.92 Å². The fourth-order valence-electron chi connectivity index (χ4n) is 2.00. The van der Waals surface area contributed by atoms with Gasteiger partial charge in [0.2, 0.25) is 0 Å². The van der Waals surface area contributed by atoms with E-state index in [1.165, 1.54) is 6.26 Å². The Balaban J connectivity index is 1.92. The van der Waals surface area contributed by atoms with Crippen LogP contribution in [0, 0.1) is 5.92 Å². The molecule has 0 saturated carbocycles. The summed E-state index contributed by atoms with van der Waals surface area (Å²) in [6.07, 6.45) is 2.25. The lowest BCUT2D eigenvalue weighted by molar-refractivity contribution is 0.0696. The van der Waals surface area contributed by atoms with Crippen molar-refractivity contribution in [3.05, 3.63) is 23.7 Å². The molecule has 1 unspecified atom stereocenters. The van der Waals surface area contributed by atoms with E-state index in [2.05, 4.69) is 4.90 Å². The zero-order valence-corrected chi connectivity index (χ0v) is 8.93. The quantitative estimate of drug-likeness (QED) is 0.792. The molecule has 0 radical (unpaired) electrons. The number of likely N-dealkylation sites (tertiary alicyclic amines) is 1. The molecule has 5 heteroatoms. The van der Waals surface area contributed by atoms with Crippen LogP contribution in [0.4, 0.5) is 0 Å². The van der Waals surface area contributed by atoms with Crippen molar-refractivity contribution in [2.75, 3.05) is 19.7 Å². The van der Waals surface area contributed by atoms with E-state index in [9.17, 15) is 4.79 Å². The first-order valence-electron chi connectivity index (χ1n) is 5.33. The summed E-state index contributed by atoms with van der Waals surface area (Å²) in [5, 5.41) is 17.7. The maximum absolute atomic E-state index is 10.6. The number of aliphatic hydroxyl groups excluding tert-OH is 1. The molecule has 0 aromatic carbocycles. The molecule has 1 aromatic heterocycles. The van der Waals surface area contributed by atoms with Gasteiger partial charge < -0.3 is 14.6 Å². The standard InChI is InChI=1S/C11H15NO4/c13-6-8-1-2-12(4-8)5-10-3-9(7-16-10)11(14)15/h3,7-8,13H,1-2,4-6H2,(H,14,15). The molecule has 0 spiro atoms. The van der Waals surface area contributed by atoms with E-state index in [4.69, 9.17) is 14.6 Å². The van der Waals surface area contributed by atoms with Gasteiger partial charge in [-0.1, -0.05) is 0 Å². The SMILES string of the molecule is O=C(O)c1coc(CN2CCC(CO)C2)c1. The van der Waals surface area contributed by atoms with Gasteiger partial charge in [0.25, 0.3) is 0 Å². The minimum Gasteiger partial charge on any atom is -0.478 e. The summed E-state index contributed by atoms with van der Waals surface area (Å²) in [5.41, 5.74) is 0.188. The summed E-state index contributed by atoms with van der Waals surface area (Å²) in [4.78, 5) is 12.8. The summed E-state index contributed by atoms with van der Waals surface area (Å²) in [6.45, 7) is 2.60. The lowest BCUT2D eigenvalue weighted by atomic mass is 10.1. The van der Waals surface area contributed by atoms with E-state index in [0.717, 1.165) is 19.5 Å². The average molecular weight is 225 g/mol. The number of aromatic carboxylic acids is 1. The van der Waals surface area contributed by atoms with E-state index in [1.807, 2.05) is 0 Å². The summed E-state index contributed by atoms with van der Waals surface area (Å²) < 4.78 is 5.17. The van der Waals surface area contributed by atoms with Crippen molar-refractivity contribution in [3.63, 3.8) is 0 Å². The van der Waals surface area contributed by atoms with Crippen LogP contribution in [0.25, 0.3) is 0 Å². The van der Waals surface area contributed by atoms with E-state index in [1.54, 1.807) is 6.07 Å². The fraction of sp³-hybridized carbons (Fsp3) is 0.545. The predicted molar refractivity (Wildman–Crippen MR) is 56.1 cm³/mol. The van der Waals surface area contributed by atoms with Gasteiger partial charge in [-0.3, -0.25) is 4.90 Å². The van der Waals surface area contributed by atoms with E-state index >= 15 is 0 Å². The van der Waals surface area contributed by atoms with Gasteiger partial charge >= 0.3 is 5.97 Å². The molecular weight excluding hydrogens is 210 g/mol. The molecule has 1 fully saturated rings. The van der Waals surface area contributed by atoms with Gasteiger partial charge in [-0.05, 0) is 24.9 Å². The molecule has 1 atom stereocenters. The van der Waals surface area contributed by atoms with Crippen molar-refractivity contribution >= 4 is 5.97 Å². The smallest absolute Gasteiger partial charge is 0.338 e. The minimum absolute atomic E-state index is 0.188. The molecule has 2 N–H and O–H groups in total.